The first-order valence-electron chi connectivity index (χ1n) is 12.8. The summed E-state index contributed by atoms with van der Waals surface area (Å²) in [4.78, 5) is 18.4. The van der Waals surface area contributed by atoms with Crippen molar-refractivity contribution < 1.29 is 21.8 Å². The van der Waals surface area contributed by atoms with Crippen LogP contribution in [0.25, 0.3) is 20.8 Å². The predicted octanol–water partition coefficient (Wildman–Crippen LogP) is 6.58. The molecule has 1 fully saturated rings. The summed E-state index contributed by atoms with van der Waals surface area (Å²) in [5.41, 5.74) is 3.12. The first-order valence-corrected chi connectivity index (χ1v) is 14.9. The number of nitrogens with zero attached hydrogens (tertiary/aromatic N) is 4. The topological polar surface area (TPSA) is 92.7 Å². The van der Waals surface area contributed by atoms with Crippen molar-refractivity contribution in [1.82, 2.24) is 19.9 Å². The number of fused-ring (bicyclic) bond motifs is 1. The van der Waals surface area contributed by atoms with Crippen LogP contribution in [0, 0.1) is 32.5 Å². The van der Waals surface area contributed by atoms with Crippen LogP contribution in [0.1, 0.15) is 36.2 Å². The molecule has 3 heterocycles. The average molecular weight is 593 g/mol. The smallest absolute Gasteiger partial charge is 0.367 e. The van der Waals surface area contributed by atoms with E-state index in [9.17, 15) is 21.8 Å². The van der Waals surface area contributed by atoms with E-state index in [0.717, 1.165) is 28.8 Å². The first-order chi connectivity index (χ1) is 19.0. The zero-order chi connectivity index (χ0) is 28.6. The summed E-state index contributed by atoms with van der Waals surface area (Å²) in [5, 5.41) is 6.37. The first kappa shape index (κ1) is 28.3. The van der Waals surface area contributed by atoms with Crippen molar-refractivity contribution >= 4 is 44.1 Å². The van der Waals surface area contributed by atoms with Crippen LogP contribution in [-0.4, -0.2) is 48.7 Å². The van der Waals surface area contributed by atoms with E-state index in [-0.39, 0.29) is 23.7 Å². The second-order valence-corrected chi connectivity index (χ2v) is 12.6. The fourth-order valence-electron chi connectivity index (χ4n) is 4.90. The number of benzene rings is 1. The zero-order valence-electron chi connectivity index (χ0n) is 22.1. The molecule has 0 aliphatic heterocycles. The Morgan fingerprint density at radius 3 is 2.60 bits per heavy atom. The van der Waals surface area contributed by atoms with Gasteiger partial charge in [-0.15, -0.1) is 11.3 Å². The van der Waals surface area contributed by atoms with Crippen LogP contribution in [0.3, 0.4) is 0 Å². The second kappa shape index (κ2) is 11.4. The summed E-state index contributed by atoms with van der Waals surface area (Å²) in [6, 6.07) is 6.36. The molecule has 13 heteroatoms. The van der Waals surface area contributed by atoms with E-state index >= 15 is 0 Å². The average Bonchev–Trinajstić information content (AvgIpc) is 3.51. The summed E-state index contributed by atoms with van der Waals surface area (Å²) in [5.74, 6) is 0.561. The van der Waals surface area contributed by atoms with Gasteiger partial charge >= 0.3 is 6.18 Å². The fourth-order valence-corrected chi connectivity index (χ4v) is 7.46. The molecule has 7 nitrogen and oxygen atoms in total. The van der Waals surface area contributed by atoms with E-state index in [0.29, 0.717) is 44.7 Å². The quantitative estimate of drug-likeness (QED) is 0.224. The Morgan fingerprint density at radius 1 is 1.07 bits per heavy atom. The molecule has 3 aromatic heterocycles. The standard InChI is InChI=1S/C27H28F4N6OS2/c1-14-10-19(6-7-20(14)28)40(38)12-17-4-5-18(11-17)35-24-22(15(2)34-26(37-24)33-13-27(29,30)31)25-36-23-16(3)32-9-8-21(23)39-25/h6-10,17-18H,4-5,11-13H2,1-3H3,(H2,33,34,35,37)/t17-,18+,40?/m1/s1. The van der Waals surface area contributed by atoms with E-state index in [1.807, 2.05) is 13.0 Å². The van der Waals surface area contributed by atoms with Crippen LogP contribution in [-0.2, 0) is 10.8 Å². The molecular weight excluding hydrogens is 564 g/mol. The highest BCUT2D eigenvalue weighted by Gasteiger charge is 2.30. The van der Waals surface area contributed by atoms with E-state index < -0.39 is 23.5 Å². The van der Waals surface area contributed by atoms with Gasteiger partial charge in [0, 0.05) is 22.9 Å². The van der Waals surface area contributed by atoms with Gasteiger partial charge in [0.25, 0.3) is 0 Å². The van der Waals surface area contributed by atoms with E-state index in [1.165, 1.54) is 17.4 Å². The molecule has 5 rings (SSSR count). The number of aryl methyl sites for hydroxylation is 3. The Balaban J connectivity index is 1.39. The van der Waals surface area contributed by atoms with Crippen LogP contribution in [0.2, 0.25) is 0 Å². The normalized spacial score (nSPS) is 18.3. The Kier molecular flexibility index (Phi) is 8.05. The van der Waals surface area contributed by atoms with Crippen LogP contribution in [0.4, 0.5) is 29.3 Å². The molecule has 1 aliphatic rings. The molecule has 40 heavy (non-hydrogen) atoms. The van der Waals surface area contributed by atoms with E-state index in [4.69, 9.17) is 4.98 Å². The van der Waals surface area contributed by atoms with Gasteiger partial charge in [-0.1, -0.05) is 0 Å². The third kappa shape index (κ3) is 6.41. The number of alkyl halides is 3. The lowest BCUT2D eigenvalue weighted by Gasteiger charge is -2.19. The van der Waals surface area contributed by atoms with Gasteiger partial charge in [0.1, 0.15) is 28.7 Å². The number of nitrogens with one attached hydrogen (secondary N) is 2. The van der Waals surface area contributed by atoms with Crippen molar-refractivity contribution in [2.24, 2.45) is 5.92 Å². The molecule has 4 aromatic rings. The monoisotopic (exact) mass is 592 g/mol. The molecule has 0 saturated heterocycles. The van der Waals surface area contributed by atoms with Crippen LogP contribution >= 0.6 is 11.3 Å². The van der Waals surface area contributed by atoms with E-state index in [2.05, 4.69) is 25.6 Å². The molecule has 0 spiro atoms. The minimum Gasteiger partial charge on any atom is -0.367 e. The van der Waals surface area contributed by atoms with Crippen molar-refractivity contribution in [2.45, 2.75) is 57.1 Å². The Morgan fingerprint density at radius 2 is 1.88 bits per heavy atom. The summed E-state index contributed by atoms with van der Waals surface area (Å²) in [6.07, 6.45) is -0.390. The molecule has 0 radical (unpaired) electrons. The molecular formula is C27H28F4N6OS2. The zero-order valence-corrected chi connectivity index (χ0v) is 23.7. The fraction of sp³-hybridized carbons (Fsp3) is 0.407. The van der Waals surface area contributed by atoms with Gasteiger partial charge in [0.05, 0.1) is 32.5 Å². The molecule has 212 valence electrons. The number of hydrogen-bond donors (Lipinski definition) is 2. The highest BCUT2D eigenvalue weighted by Crippen LogP contribution is 2.38. The van der Waals surface area contributed by atoms with Crippen LogP contribution in [0.15, 0.2) is 35.4 Å². The lowest BCUT2D eigenvalue weighted by molar-refractivity contribution is -0.115. The van der Waals surface area contributed by atoms with Crippen LogP contribution < -0.4 is 10.6 Å². The van der Waals surface area contributed by atoms with Gasteiger partial charge in [-0.3, -0.25) is 9.19 Å². The van der Waals surface area contributed by atoms with Crippen molar-refractivity contribution in [1.29, 1.82) is 0 Å². The molecule has 0 amide bonds. The largest absolute Gasteiger partial charge is 0.405 e. The highest BCUT2D eigenvalue weighted by molar-refractivity contribution is 7.85. The van der Waals surface area contributed by atoms with Crippen molar-refractivity contribution in [3.05, 3.63) is 53.2 Å². The number of aromatic nitrogens is 4. The van der Waals surface area contributed by atoms with Crippen molar-refractivity contribution in [3.8, 4) is 10.6 Å². The van der Waals surface area contributed by atoms with E-state index in [1.54, 1.807) is 32.2 Å². The number of halogens is 4. The second-order valence-electron chi connectivity index (χ2n) is 10.0. The van der Waals surface area contributed by atoms with Gasteiger partial charge in [-0.05, 0) is 75.8 Å². The minimum atomic E-state index is -4.42. The SMILES string of the molecule is Cc1cc(S(=O)C[C@@H]2CC[C@H](Nc3nc(NCC(F)(F)F)nc(C)c3-c3nc4c(C)nccc4s3)C2)ccc1F. The van der Waals surface area contributed by atoms with Crippen molar-refractivity contribution in [3.63, 3.8) is 0 Å². The summed E-state index contributed by atoms with van der Waals surface area (Å²) < 4.78 is 66.2. The van der Waals surface area contributed by atoms with Crippen LogP contribution in [0.5, 0.6) is 0 Å². The molecule has 1 aromatic carbocycles. The third-order valence-corrected chi connectivity index (χ3v) is 9.49. The van der Waals surface area contributed by atoms with Crippen molar-refractivity contribution in [2.75, 3.05) is 22.9 Å². The summed E-state index contributed by atoms with van der Waals surface area (Å²) in [6.45, 7) is 3.99. The number of thiazole rings is 1. The van der Waals surface area contributed by atoms with Gasteiger partial charge in [0.2, 0.25) is 5.95 Å². The third-order valence-electron chi connectivity index (χ3n) is 6.90. The van der Waals surface area contributed by atoms with Gasteiger partial charge in [-0.2, -0.15) is 18.2 Å². The highest BCUT2D eigenvalue weighted by atomic mass is 32.2. The number of pyridine rings is 1. The Labute approximate surface area is 235 Å². The number of anilines is 2. The maximum atomic E-state index is 13.6. The Bertz CT molecular complexity index is 1570. The molecule has 0 bridgehead atoms. The molecule has 1 aliphatic carbocycles. The lowest BCUT2D eigenvalue weighted by Crippen LogP contribution is -2.24. The molecule has 2 N–H and O–H groups in total. The number of rotatable bonds is 8. The van der Waals surface area contributed by atoms with Gasteiger partial charge < -0.3 is 10.6 Å². The minimum absolute atomic E-state index is 0.0294. The summed E-state index contributed by atoms with van der Waals surface area (Å²) in [7, 11) is -1.27. The lowest BCUT2D eigenvalue weighted by atomic mass is 10.1. The summed E-state index contributed by atoms with van der Waals surface area (Å²) >= 11 is 1.44. The molecule has 1 saturated carbocycles. The Hall–Kier alpha value is -3.19. The number of hydrogen-bond acceptors (Lipinski definition) is 8. The van der Waals surface area contributed by atoms with Gasteiger partial charge in [-0.25, -0.2) is 14.4 Å². The molecule has 1 unspecified atom stereocenters. The molecule has 3 atom stereocenters. The maximum Gasteiger partial charge on any atom is 0.405 e. The predicted molar refractivity (Wildman–Crippen MR) is 150 cm³/mol. The van der Waals surface area contributed by atoms with Gasteiger partial charge in [0.15, 0.2) is 0 Å². The maximum absolute atomic E-state index is 13.6.